The highest BCUT2D eigenvalue weighted by molar-refractivity contribution is 7.99. The summed E-state index contributed by atoms with van der Waals surface area (Å²) in [6, 6.07) is 6.18. The maximum atomic E-state index is 12.2. The minimum Gasteiger partial charge on any atom is -0.388 e. The van der Waals surface area contributed by atoms with Gasteiger partial charge in [0.15, 0.2) is 0 Å². The Morgan fingerprint density at radius 2 is 2.39 bits per heavy atom. The van der Waals surface area contributed by atoms with Gasteiger partial charge in [-0.15, -0.1) is 11.8 Å². The van der Waals surface area contributed by atoms with Crippen LogP contribution in [0.25, 0.3) is 0 Å². The molecule has 1 fully saturated rings. The molecule has 2 aliphatic rings. The fraction of sp³-hybridized carbons (Fsp3) is 0.462. The normalized spacial score (nSPS) is 23.6. The zero-order valence-electron chi connectivity index (χ0n) is 10.4. The molecule has 3 rings (SSSR count). The number of hydrogen-bond acceptors (Lipinski definition) is 4. The molecular formula is C13H17N3OS. The van der Waals surface area contributed by atoms with E-state index in [2.05, 4.69) is 27.7 Å². The van der Waals surface area contributed by atoms with Gasteiger partial charge in [-0.1, -0.05) is 6.07 Å². The van der Waals surface area contributed by atoms with Gasteiger partial charge in [0, 0.05) is 36.6 Å². The van der Waals surface area contributed by atoms with Crippen molar-refractivity contribution in [3.8, 4) is 0 Å². The second-order valence-electron chi connectivity index (χ2n) is 4.68. The lowest BCUT2D eigenvalue weighted by Crippen LogP contribution is -2.46. The van der Waals surface area contributed by atoms with Crippen LogP contribution in [0.1, 0.15) is 5.56 Å². The fourth-order valence-corrected chi connectivity index (χ4v) is 3.55. The molecule has 0 radical (unpaired) electrons. The molecule has 1 amide bonds. The van der Waals surface area contributed by atoms with Crippen molar-refractivity contribution in [2.75, 3.05) is 35.9 Å². The van der Waals surface area contributed by atoms with Crippen molar-refractivity contribution in [1.29, 1.82) is 0 Å². The zero-order chi connectivity index (χ0) is 12.5. The van der Waals surface area contributed by atoms with Crippen LogP contribution in [0, 0.1) is 0 Å². The van der Waals surface area contributed by atoms with Crippen LogP contribution >= 0.6 is 11.8 Å². The molecule has 2 heterocycles. The molecule has 0 saturated carbocycles. The van der Waals surface area contributed by atoms with Gasteiger partial charge in [0.25, 0.3) is 0 Å². The lowest BCUT2D eigenvalue weighted by atomic mass is 9.97. The van der Waals surface area contributed by atoms with E-state index in [0.717, 1.165) is 36.0 Å². The van der Waals surface area contributed by atoms with Crippen molar-refractivity contribution in [2.24, 2.45) is 0 Å². The summed E-state index contributed by atoms with van der Waals surface area (Å²) in [5, 5.41) is 6.12. The topological polar surface area (TPSA) is 44.4 Å². The molecule has 0 aromatic heterocycles. The third kappa shape index (κ3) is 2.08. The Hall–Kier alpha value is -1.20. The van der Waals surface area contributed by atoms with E-state index in [-0.39, 0.29) is 11.9 Å². The summed E-state index contributed by atoms with van der Waals surface area (Å²) < 4.78 is 0. The van der Waals surface area contributed by atoms with Crippen LogP contribution < -0.4 is 10.6 Å². The van der Waals surface area contributed by atoms with E-state index in [1.165, 1.54) is 5.56 Å². The van der Waals surface area contributed by atoms with Gasteiger partial charge in [-0.2, -0.15) is 0 Å². The van der Waals surface area contributed by atoms with Crippen LogP contribution in [0.4, 0.5) is 11.4 Å². The Bertz CT molecular complexity index is 471. The number of carbonyl (C=O) groups excluding carboxylic acids is 1. The molecule has 1 aromatic rings. The molecule has 2 aliphatic heterocycles. The molecule has 4 nitrogen and oxygen atoms in total. The maximum Gasteiger partial charge on any atom is 0.242 e. The van der Waals surface area contributed by atoms with Gasteiger partial charge >= 0.3 is 0 Å². The smallest absolute Gasteiger partial charge is 0.242 e. The van der Waals surface area contributed by atoms with Gasteiger partial charge < -0.3 is 10.6 Å². The standard InChI is InChI=1S/C13H17N3OS/c1-14-10-3-2-9-6-12(16-4-5-18-8-16)13(17)15-11(9)7-10/h2-3,7,12,14H,4-6,8H2,1H3,(H,15,17). The van der Waals surface area contributed by atoms with Crippen molar-refractivity contribution >= 4 is 29.0 Å². The number of benzene rings is 1. The van der Waals surface area contributed by atoms with Crippen molar-refractivity contribution in [3.63, 3.8) is 0 Å². The van der Waals surface area contributed by atoms with E-state index < -0.39 is 0 Å². The van der Waals surface area contributed by atoms with Crippen LogP contribution in [-0.4, -0.2) is 42.1 Å². The summed E-state index contributed by atoms with van der Waals surface area (Å²) in [5.74, 6) is 2.25. The second kappa shape index (κ2) is 4.82. The quantitative estimate of drug-likeness (QED) is 0.850. The SMILES string of the molecule is CNc1ccc2c(c1)NC(=O)C(N1CCSC1)C2. The number of anilines is 2. The summed E-state index contributed by atoms with van der Waals surface area (Å²) in [6.07, 6.45) is 0.825. The molecule has 1 aromatic carbocycles. The fourth-order valence-electron chi connectivity index (χ4n) is 2.51. The molecule has 96 valence electrons. The number of nitrogens with one attached hydrogen (secondary N) is 2. The number of amides is 1. The number of rotatable bonds is 2. The van der Waals surface area contributed by atoms with Gasteiger partial charge in [-0.3, -0.25) is 9.69 Å². The monoisotopic (exact) mass is 263 g/mol. The molecular weight excluding hydrogens is 246 g/mol. The summed E-state index contributed by atoms with van der Waals surface area (Å²) in [7, 11) is 1.89. The zero-order valence-corrected chi connectivity index (χ0v) is 11.2. The predicted molar refractivity (Wildman–Crippen MR) is 76.1 cm³/mol. The third-order valence-electron chi connectivity index (χ3n) is 3.59. The lowest BCUT2D eigenvalue weighted by molar-refractivity contribution is -0.121. The van der Waals surface area contributed by atoms with E-state index in [1.54, 1.807) is 0 Å². The molecule has 1 saturated heterocycles. The van der Waals surface area contributed by atoms with Crippen LogP contribution in [0.5, 0.6) is 0 Å². The van der Waals surface area contributed by atoms with Gasteiger partial charge in [0.2, 0.25) is 5.91 Å². The number of fused-ring (bicyclic) bond motifs is 1. The maximum absolute atomic E-state index is 12.2. The van der Waals surface area contributed by atoms with Crippen LogP contribution in [0.3, 0.4) is 0 Å². The highest BCUT2D eigenvalue weighted by Gasteiger charge is 2.32. The first-order valence-corrected chi connectivity index (χ1v) is 7.37. The molecule has 0 spiro atoms. The molecule has 0 bridgehead atoms. The Morgan fingerprint density at radius 1 is 1.50 bits per heavy atom. The Morgan fingerprint density at radius 3 is 3.11 bits per heavy atom. The van der Waals surface area contributed by atoms with E-state index in [1.807, 2.05) is 24.9 Å². The van der Waals surface area contributed by atoms with Crippen LogP contribution in [-0.2, 0) is 11.2 Å². The molecule has 18 heavy (non-hydrogen) atoms. The van der Waals surface area contributed by atoms with Gasteiger partial charge in [0.05, 0.1) is 6.04 Å². The van der Waals surface area contributed by atoms with E-state index in [9.17, 15) is 4.79 Å². The Balaban J connectivity index is 1.85. The van der Waals surface area contributed by atoms with E-state index >= 15 is 0 Å². The first-order chi connectivity index (χ1) is 8.78. The van der Waals surface area contributed by atoms with Crippen LogP contribution in [0.15, 0.2) is 18.2 Å². The predicted octanol–water partition coefficient (Wildman–Crippen LogP) is 1.60. The van der Waals surface area contributed by atoms with E-state index in [4.69, 9.17) is 0 Å². The number of carbonyl (C=O) groups is 1. The summed E-state index contributed by atoms with van der Waals surface area (Å²) >= 11 is 1.90. The summed E-state index contributed by atoms with van der Waals surface area (Å²) in [4.78, 5) is 14.4. The van der Waals surface area contributed by atoms with Gasteiger partial charge in [0.1, 0.15) is 0 Å². The average molecular weight is 263 g/mol. The lowest BCUT2D eigenvalue weighted by Gasteiger charge is -2.31. The number of hydrogen-bond donors (Lipinski definition) is 2. The summed E-state index contributed by atoms with van der Waals surface area (Å²) in [5.41, 5.74) is 3.22. The average Bonchev–Trinajstić information content (AvgIpc) is 2.91. The molecule has 1 atom stereocenters. The number of thioether (sulfide) groups is 1. The Labute approximate surface area is 111 Å². The molecule has 1 unspecified atom stereocenters. The van der Waals surface area contributed by atoms with Crippen molar-refractivity contribution in [1.82, 2.24) is 4.90 Å². The molecule has 0 aliphatic carbocycles. The second-order valence-corrected chi connectivity index (χ2v) is 5.76. The van der Waals surface area contributed by atoms with E-state index in [0.29, 0.717) is 0 Å². The third-order valence-corrected chi connectivity index (χ3v) is 4.58. The minimum atomic E-state index is 0.00735. The first kappa shape index (κ1) is 11.9. The molecule has 5 heteroatoms. The van der Waals surface area contributed by atoms with Crippen LogP contribution in [0.2, 0.25) is 0 Å². The number of nitrogens with zero attached hydrogens (tertiary/aromatic N) is 1. The van der Waals surface area contributed by atoms with Crippen molar-refractivity contribution in [3.05, 3.63) is 23.8 Å². The first-order valence-electron chi connectivity index (χ1n) is 6.21. The minimum absolute atomic E-state index is 0.00735. The highest BCUT2D eigenvalue weighted by atomic mass is 32.2. The Kier molecular flexibility index (Phi) is 3.18. The highest BCUT2D eigenvalue weighted by Crippen LogP contribution is 2.29. The van der Waals surface area contributed by atoms with Gasteiger partial charge in [-0.05, 0) is 24.1 Å². The van der Waals surface area contributed by atoms with Crippen molar-refractivity contribution < 1.29 is 4.79 Å². The molecule has 2 N–H and O–H groups in total. The summed E-state index contributed by atoms with van der Waals surface area (Å²) in [6.45, 7) is 1.02. The van der Waals surface area contributed by atoms with Gasteiger partial charge in [-0.25, -0.2) is 0 Å². The largest absolute Gasteiger partial charge is 0.388 e. The van der Waals surface area contributed by atoms with Crippen molar-refractivity contribution in [2.45, 2.75) is 12.5 Å².